The smallest absolute Gasteiger partial charge is 0.254 e. The molecule has 1 heterocycles. The first-order valence-electron chi connectivity index (χ1n) is 6.99. The predicted molar refractivity (Wildman–Crippen MR) is 93.6 cm³/mol. The third-order valence-corrected chi connectivity index (χ3v) is 4.22. The van der Waals surface area contributed by atoms with Gasteiger partial charge in [-0.1, -0.05) is 13.0 Å². The van der Waals surface area contributed by atoms with Gasteiger partial charge in [0.1, 0.15) is 0 Å². The summed E-state index contributed by atoms with van der Waals surface area (Å²) in [5.74, 6) is 0.187. The van der Waals surface area contributed by atoms with Gasteiger partial charge in [-0.2, -0.15) is 0 Å². The van der Waals surface area contributed by atoms with Crippen LogP contribution in [0, 0.1) is 3.57 Å². The number of hydrogen-bond acceptors (Lipinski definition) is 2. The fourth-order valence-electron chi connectivity index (χ4n) is 2.60. The van der Waals surface area contributed by atoms with Crippen molar-refractivity contribution in [1.82, 2.24) is 10.2 Å². The van der Waals surface area contributed by atoms with Crippen molar-refractivity contribution in [1.29, 1.82) is 0 Å². The van der Waals surface area contributed by atoms with Gasteiger partial charge in [-0.15, -0.1) is 12.4 Å². The predicted octanol–water partition coefficient (Wildman–Crippen LogP) is 3.32. The van der Waals surface area contributed by atoms with E-state index in [4.69, 9.17) is 0 Å². The zero-order chi connectivity index (χ0) is 13.7. The minimum absolute atomic E-state index is 0. The van der Waals surface area contributed by atoms with Crippen LogP contribution in [0.3, 0.4) is 0 Å². The number of nitrogens with one attached hydrogen (secondary N) is 1. The van der Waals surface area contributed by atoms with Crippen LogP contribution in [-0.4, -0.2) is 36.5 Å². The minimum Gasteiger partial charge on any atom is -0.336 e. The zero-order valence-electron chi connectivity index (χ0n) is 11.8. The topological polar surface area (TPSA) is 32.3 Å². The molecular formula is C15H22ClIN2O. The van der Waals surface area contributed by atoms with Crippen LogP contribution in [0.4, 0.5) is 0 Å². The fourth-order valence-corrected chi connectivity index (χ4v) is 3.14. The highest BCUT2D eigenvalue weighted by molar-refractivity contribution is 14.1. The third kappa shape index (κ3) is 4.60. The molecule has 0 aromatic heterocycles. The Morgan fingerprint density at radius 2 is 2.10 bits per heavy atom. The molecule has 1 fully saturated rings. The van der Waals surface area contributed by atoms with Gasteiger partial charge in [0.2, 0.25) is 0 Å². The highest BCUT2D eigenvalue weighted by Gasteiger charge is 2.25. The molecule has 0 unspecified atom stereocenters. The Hall–Kier alpha value is -0.330. The second kappa shape index (κ2) is 8.85. The Labute approximate surface area is 141 Å². The van der Waals surface area contributed by atoms with E-state index in [1.165, 1.54) is 0 Å². The average molecular weight is 409 g/mol. The van der Waals surface area contributed by atoms with E-state index < -0.39 is 0 Å². The van der Waals surface area contributed by atoms with Crippen LogP contribution in [0.1, 0.15) is 36.5 Å². The number of carbonyl (C=O) groups is 1. The molecule has 1 aliphatic rings. The summed E-state index contributed by atoms with van der Waals surface area (Å²) in [6.45, 7) is 5.03. The lowest BCUT2D eigenvalue weighted by molar-refractivity contribution is 0.0642. The van der Waals surface area contributed by atoms with Gasteiger partial charge in [0.15, 0.2) is 0 Å². The van der Waals surface area contributed by atoms with Crippen molar-refractivity contribution in [3.05, 3.63) is 33.4 Å². The Morgan fingerprint density at radius 3 is 2.70 bits per heavy atom. The van der Waals surface area contributed by atoms with E-state index in [-0.39, 0.29) is 18.3 Å². The number of halogens is 2. The molecule has 0 radical (unpaired) electrons. The van der Waals surface area contributed by atoms with E-state index in [1.807, 2.05) is 24.3 Å². The number of amides is 1. The Morgan fingerprint density at radius 1 is 1.40 bits per heavy atom. The molecule has 3 nitrogen and oxygen atoms in total. The molecule has 0 saturated carbocycles. The maximum absolute atomic E-state index is 12.7. The monoisotopic (exact) mass is 408 g/mol. The van der Waals surface area contributed by atoms with Crippen LogP contribution < -0.4 is 5.32 Å². The molecule has 0 spiro atoms. The summed E-state index contributed by atoms with van der Waals surface area (Å²) in [7, 11) is 0. The van der Waals surface area contributed by atoms with Crippen LogP contribution in [0.5, 0.6) is 0 Å². The van der Waals surface area contributed by atoms with E-state index in [0.29, 0.717) is 6.04 Å². The van der Waals surface area contributed by atoms with Crippen LogP contribution in [0.25, 0.3) is 0 Å². The SMILES string of the molecule is CCCN(C(=O)c1cccc(I)c1)C1CCNCC1.Cl. The first kappa shape index (κ1) is 17.7. The summed E-state index contributed by atoms with van der Waals surface area (Å²) in [4.78, 5) is 14.8. The van der Waals surface area contributed by atoms with Gasteiger partial charge in [-0.3, -0.25) is 4.79 Å². The third-order valence-electron chi connectivity index (χ3n) is 3.55. The van der Waals surface area contributed by atoms with Gasteiger partial charge >= 0.3 is 0 Å². The number of hydrogen-bond donors (Lipinski definition) is 1. The summed E-state index contributed by atoms with van der Waals surface area (Å²) in [6.07, 6.45) is 3.14. The summed E-state index contributed by atoms with van der Waals surface area (Å²) in [5.41, 5.74) is 0.818. The molecule has 1 saturated heterocycles. The summed E-state index contributed by atoms with van der Waals surface area (Å²) >= 11 is 2.26. The first-order chi connectivity index (χ1) is 9.22. The van der Waals surface area contributed by atoms with Crippen molar-refractivity contribution in [3.8, 4) is 0 Å². The molecule has 0 aliphatic carbocycles. The highest BCUT2D eigenvalue weighted by atomic mass is 127. The van der Waals surface area contributed by atoms with E-state index in [0.717, 1.165) is 48.0 Å². The van der Waals surface area contributed by atoms with Crippen LogP contribution in [-0.2, 0) is 0 Å². The molecule has 20 heavy (non-hydrogen) atoms. The fraction of sp³-hybridized carbons (Fsp3) is 0.533. The summed E-state index contributed by atoms with van der Waals surface area (Å²) in [5, 5.41) is 3.36. The first-order valence-corrected chi connectivity index (χ1v) is 8.07. The van der Waals surface area contributed by atoms with E-state index >= 15 is 0 Å². The lowest BCUT2D eigenvalue weighted by atomic mass is 10.0. The molecule has 1 N–H and O–H groups in total. The molecular weight excluding hydrogens is 387 g/mol. The Bertz CT molecular complexity index is 436. The van der Waals surface area contributed by atoms with Gasteiger partial charge < -0.3 is 10.2 Å². The molecule has 1 aromatic carbocycles. The summed E-state index contributed by atoms with van der Waals surface area (Å²) in [6, 6.07) is 8.28. The molecule has 0 bridgehead atoms. The van der Waals surface area contributed by atoms with Gasteiger partial charge in [0.25, 0.3) is 5.91 Å². The molecule has 5 heteroatoms. The summed E-state index contributed by atoms with van der Waals surface area (Å²) < 4.78 is 1.12. The standard InChI is InChI=1S/C15H21IN2O.ClH/c1-2-10-18(14-6-8-17-9-7-14)15(19)12-4-3-5-13(16)11-12;/h3-5,11,14,17H,2,6-10H2,1H3;1H. The second-order valence-electron chi connectivity index (χ2n) is 4.99. The van der Waals surface area contributed by atoms with Crippen molar-refractivity contribution < 1.29 is 4.79 Å². The number of carbonyl (C=O) groups excluding carboxylic acids is 1. The van der Waals surface area contributed by atoms with Crippen molar-refractivity contribution >= 4 is 40.9 Å². The lowest BCUT2D eigenvalue weighted by Crippen LogP contribution is -2.46. The molecule has 2 rings (SSSR count). The van der Waals surface area contributed by atoms with Crippen molar-refractivity contribution in [2.45, 2.75) is 32.2 Å². The van der Waals surface area contributed by atoms with E-state index in [1.54, 1.807) is 0 Å². The van der Waals surface area contributed by atoms with Gasteiger partial charge in [-0.25, -0.2) is 0 Å². The average Bonchev–Trinajstić information content (AvgIpc) is 2.45. The normalized spacial score (nSPS) is 15.5. The maximum Gasteiger partial charge on any atom is 0.254 e. The number of piperidine rings is 1. The number of benzene rings is 1. The minimum atomic E-state index is 0. The Kier molecular flexibility index (Phi) is 7.84. The van der Waals surface area contributed by atoms with E-state index in [9.17, 15) is 4.79 Å². The van der Waals surface area contributed by atoms with Crippen LogP contribution in [0.15, 0.2) is 24.3 Å². The lowest BCUT2D eigenvalue weighted by Gasteiger charge is -2.34. The largest absolute Gasteiger partial charge is 0.336 e. The molecule has 112 valence electrons. The number of rotatable bonds is 4. The molecule has 1 aliphatic heterocycles. The van der Waals surface area contributed by atoms with Gasteiger partial charge in [0, 0.05) is 21.7 Å². The highest BCUT2D eigenvalue weighted by Crippen LogP contribution is 2.17. The molecule has 1 aromatic rings. The van der Waals surface area contributed by atoms with Gasteiger partial charge in [-0.05, 0) is 73.1 Å². The van der Waals surface area contributed by atoms with E-state index in [2.05, 4.69) is 39.7 Å². The quantitative estimate of drug-likeness (QED) is 0.775. The van der Waals surface area contributed by atoms with Gasteiger partial charge in [0.05, 0.1) is 0 Å². The van der Waals surface area contributed by atoms with Crippen molar-refractivity contribution in [3.63, 3.8) is 0 Å². The zero-order valence-corrected chi connectivity index (χ0v) is 14.7. The number of nitrogens with zero attached hydrogens (tertiary/aromatic N) is 1. The molecule has 0 atom stereocenters. The van der Waals surface area contributed by atoms with Crippen molar-refractivity contribution in [2.24, 2.45) is 0 Å². The van der Waals surface area contributed by atoms with Crippen molar-refractivity contribution in [2.75, 3.05) is 19.6 Å². The Balaban J connectivity index is 0.00000200. The second-order valence-corrected chi connectivity index (χ2v) is 6.24. The van der Waals surface area contributed by atoms with Crippen LogP contribution >= 0.6 is 35.0 Å². The van der Waals surface area contributed by atoms with Crippen LogP contribution in [0.2, 0.25) is 0 Å². The molecule has 1 amide bonds. The maximum atomic E-state index is 12.7.